The van der Waals surface area contributed by atoms with E-state index in [1.54, 1.807) is 20.1 Å². The molecule has 9 nitrogen and oxygen atoms in total. The summed E-state index contributed by atoms with van der Waals surface area (Å²) in [5.41, 5.74) is 2.63. The molecular formula is C25H26N3NaO6. The molecule has 35 heavy (non-hydrogen) atoms. The third kappa shape index (κ3) is 6.66. The molecule has 0 saturated carbocycles. The number of aliphatic carboxylic acids is 1. The number of carboxylic acid groups (broad SMARTS) is 1. The number of aromatic nitrogens is 1. The molecule has 0 spiro atoms. The largest absolute Gasteiger partial charge is 1.00 e. The number of pyridine rings is 1. The maximum absolute atomic E-state index is 12.7. The maximum Gasteiger partial charge on any atom is 1.00 e. The Morgan fingerprint density at radius 3 is 2.51 bits per heavy atom. The summed E-state index contributed by atoms with van der Waals surface area (Å²) >= 11 is 0. The minimum Gasteiger partial charge on any atom is -0.871 e. The molecule has 0 unspecified atom stereocenters. The molecule has 3 N–H and O–H groups in total. The molecule has 0 aliphatic heterocycles. The van der Waals surface area contributed by atoms with Crippen molar-refractivity contribution >= 4 is 17.7 Å². The molecular weight excluding hydrogens is 461 g/mol. The summed E-state index contributed by atoms with van der Waals surface area (Å²) in [7, 11) is 3.06. The molecule has 0 aliphatic rings. The fourth-order valence-electron chi connectivity index (χ4n) is 3.60. The second-order valence-electron chi connectivity index (χ2n) is 7.94. The van der Waals surface area contributed by atoms with Crippen molar-refractivity contribution in [2.45, 2.75) is 26.3 Å². The van der Waals surface area contributed by atoms with Crippen molar-refractivity contribution in [3.8, 4) is 22.6 Å². The maximum atomic E-state index is 12.7. The van der Waals surface area contributed by atoms with E-state index in [-0.39, 0.29) is 29.6 Å². The fourth-order valence-corrected chi connectivity index (χ4v) is 3.60. The Balaban J connectivity index is 0.00000432. The predicted octanol–water partition coefficient (Wildman–Crippen LogP) is 0.0928. The number of anilines is 1. The van der Waals surface area contributed by atoms with Gasteiger partial charge < -0.3 is 30.2 Å². The van der Waals surface area contributed by atoms with Crippen LogP contribution in [0.5, 0.6) is 11.5 Å². The number of rotatable bonds is 7. The van der Waals surface area contributed by atoms with E-state index >= 15 is 0 Å². The van der Waals surface area contributed by atoms with E-state index in [1.165, 1.54) is 17.7 Å². The Morgan fingerprint density at radius 2 is 1.86 bits per heavy atom. The number of nitrogens with zero attached hydrogens (tertiary/aromatic N) is 1. The van der Waals surface area contributed by atoms with Gasteiger partial charge in [0.25, 0.3) is 5.56 Å². The Kier molecular flexibility index (Phi) is 9.53. The number of amides is 2. The van der Waals surface area contributed by atoms with Crippen LogP contribution >= 0.6 is 0 Å². The summed E-state index contributed by atoms with van der Waals surface area (Å²) < 4.78 is 6.54. The summed E-state index contributed by atoms with van der Waals surface area (Å²) in [5, 5.41) is 26.5. The molecule has 3 aromatic rings. The molecule has 1 atom stereocenters. The predicted molar refractivity (Wildman–Crippen MR) is 126 cm³/mol. The van der Waals surface area contributed by atoms with E-state index in [9.17, 15) is 24.6 Å². The minimum atomic E-state index is -1.12. The van der Waals surface area contributed by atoms with Gasteiger partial charge >= 0.3 is 41.6 Å². The van der Waals surface area contributed by atoms with Crippen LogP contribution in [0.2, 0.25) is 0 Å². The van der Waals surface area contributed by atoms with Gasteiger partial charge in [0.1, 0.15) is 11.4 Å². The number of carboxylic acids is 1. The van der Waals surface area contributed by atoms with Gasteiger partial charge in [-0.15, -0.1) is 0 Å². The van der Waals surface area contributed by atoms with Crippen LogP contribution in [-0.4, -0.2) is 28.8 Å². The Bertz CT molecular complexity index is 1300. The van der Waals surface area contributed by atoms with Gasteiger partial charge in [-0.25, -0.2) is 4.79 Å². The third-order valence-corrected chi connectivity index (χ3v) is 5.60. The molecule has 2 aromatic carbocycles. The first kappa shape index (κ1) is 28.0. The minimum absolute atomic E-state index is 0. The van der Waals surface area contributed by atoms with Gasteiger partial charge in [0, 0.05) is 12.7 Å². The van der Waals surface area contributed by atoms with Crippen molar-refractivity contribution in [2.75, 3.05) is 12.4 Å². The number of hydrogen-bond donors (Lipinski definition) is 3. The second-order valence-corrected chi connectivity index (χ2v) is 7.94. The molecule has 1 heterocycles. The van der Waals surface area contributed by atoms with E-state index in [0.717, 1.165) is 16.7 Å². The Labute approximate surface area is 225 Å². The Morgan fingerprint density at radius 1 is 1.14 bits per heavy atom. The zero-order valence-corrected chi connectivity index (χ0v) is 22.3. The van der Waals surface area contributed by atoms with Gasteiger partial charge in [0.15, 0.2) is 0 Å². The van der Waals surface area contributed by atoms with Gasteiger partial charge in [0.05, 0.1) is 19.6 Å². The first-order valence-corrected chi connectivity index (χ1v) is 10.5. The topological polar surface area (TPSA) is 133 Å². The van der Waals surface area contributed by atoms with Crippen molar-refractivity contribution in [1.82, 2.24) is 9.88 Å². The second kappa shape index (κ2) is 11.9. The van der Waals surface area contributed by atoms with E-state index in [2.05, 4.69) is 10.6 Å². The summed E-state index contributed by atoms with van der Waals surface area (Å²) in [4.78, 5) is 36.6. The van der Waals surface area contributed by atoms with E-state index in [4.69, 9.17) is 4.74 Å². The van der Waals surface area contributed by atoms with Crippen LogP contribution in [-0.2, 0) is 11.8 Å². The monoisotopic (exact) mass is 487 g/mol. The molecule has 3 rings (SSSR count). The number of carbonyl (C=O) groups is 2. The van der Waals surface area contributed by atoms with E-state index in [1.807, 2.05) is 43.3 Å². The first-order chi connectivity index (χ1) is 16.1. The average molecular weight is 487 g/mol. The smallest absolute Gasteiger partial charge is 0.871 e. The molecule has 0 bridgehead atoms. The number of methoxy groups -OCH3 is 1. The molecule has 2 amide bonds. The van der Waals surface area contributed by atoms with Gasteiger partial charge in [-0.2, -0.15) is 0 Å². The van der Waals surface area contributed by atoms with Crippen molar-refractivity contribution in [3.63, 3.8) is 0 Å². The van der Waals surface area contributed by atoms with Crippen LogP contribution in [0, 0.1) is 13.8 Å². The normalized spacial score (nSPS) is 11.2. The Hall–Kier alpha value is -3.27. The molecule has 0 radical (unpaired) electrons. The molecule has 0 fully saturated rings. The SMILES string of the molecule is COc1cccc(-c2cc([C@H](CC(=O)O)NC(=O)Nc3c([O-])cc(C)n(C)c3=O)ccc2C)c1.[Na+]. The van der Waals surface area contributed by atoms with Crippen molar-refractivity contribution in [3.05, 3.63) is 75.7 Å². The average Bonchev–Trinajstić information content (AvgIpc) is 2.80. The quantitative estimate of drug-likeness (QED) is 0.405. The van der Waals surface area contributed by atoms with Gasteiger partial charge in [-0.3, -0.25) is 9.59 Å². The fraction of sp³-hybridized carbons (Fsp3) is 0.240. The van der Waals surface area contributed by atoms with Crippen LogP contribution in [0.25, 0.3) is 11.1 Å². The summed E-state index contributed by atoms with van der Waals surface area (Å²) in [6, 6.07) is 12.3. The van der Waals surface area contributed by atoms with Crippen LogP contribution in [0.4, 0.5) is 10.5 Å². The number of aryl methyl sites for hydroxylation is 2. The molecule has 178 valence electrons. The standard InChI is InChI=1S/C25H27N3O6.Na/c1-14-8-9-17(12-19(14)16-6-5-7-18(11-16)34-4)20(13-22(30)31)26-25(33)27-23-21(29)10-15(2)28(3)24(23)32;/h5-12,20,29H,13H2,1-4H3,(H,30,31)(H2,26,27,33);/q;+1/p-1/t20-;/m0./s1. The third-order valence-electron chi connectivity index (χ3n) is 5.60. The van der Waals surface area contributed by atoms with Crippen LogP contribution < -0.4 is 55.6 Å². The summed E-state index contributed by atoms with van der Waals surface area (Å²) in [6.07, 6.45) is -0.399. The van der Waals surface area contributed by atoms with Gasteiger partial charge in [-0.05, 0) is 60.4 Å². The van der Waals surface area contributed by atoms with Gasteiger partial charge in [0.2, 0.25) is 0 Å². The van der Waals surface area contributed by atoms with Crippen molar-refractivity contribution < 1.29 is 54.1 Å². The molecule has 10 heteroatoms. The number of urea groups is 1. The van der Waals surface area contributed by atoms with Gasteiger partial charge in [-0.1, -0.05) is 30.0 Å². The van der Waals surface area contributed by atoms with E-state index < -0.39 is 41.5 Å². The molecule has 1 aromatic heterocycles. The number of ether oxygens (including phenoxy) is 1. The van der Waals surface area contributed by atoms with Crippen molar-refractivity contribution in [1.29, 1.82) is 0 Å². The van der Waals surface area contributed by atoms with Crippen LogP contribution in [0.3, 0.4) is 0 Å². The number of nitrogens with one attached hydrogen (secondary N) is 2. The van der Waals surface area contributed by atoms with Crippen LogP contribution in [0.15, 0.2) is 53.3 Å². The number of benzene rings is 2. The first-order valence-electron chi connectivity index (χ1n) is 10.5. The number of hydrogen-bond acceptors (Lipinski definition) is 5. The molecule has 0 saturated heterocycles. The van der Waals surface area contributed by atoms with Crippen LogP contribution in [0.1, 0.15) is 29.3 Å². The zero-order chi connectivity index (χ0) is 25.0. The van der Waals surface area contributed by atoms with Crippen molar-refractivity contribution in [2.24, 2.45) is 7.05 Å². The number of carbonyl (C=O) groups excluding carboxylic acids is 1. The summed E-state index contributed by atoms with van der Waals surface area (Å²) in [5.74, 6) is -1.07. The van der Waals surface area contributed by atoms with E-state index in [0.29, 0.717) is 17.0 Å². The zero-order valence-electron chi connectivity index (χ0n) is 20.3. The molecule has 0 aliphatic carbocycles. The summed E-state index contributed by atoms with van der Waals surface area (Å²) in [6.45, 7) is 3.53.